The van der Waals surface area contributed by atoms with Crippen molar-refractivity contribution in [1.82, 2.24) is 10.6 Å². The number of nitrogens with one attached hydrogen (secondary N) is 2. The van der Waals surface area contributed by atoms with E-state index >= 15 is 0 Å². The first-order chi connectivity index (χ1) is 11.9. The van der Waals surface area contributed by atoms with Gasteiger partial charge in [-0.25, -0.2) is 0 Å². The maximum Gasteiger partial charge on any atom is 0.305 e. The van der Waals surface area contributed by atoms with Gasteiger partial charge in [0, 0.05) is 19.4 Å². The van der Waals surface area contributed by atoms with Gasteiger partial charge in [-0.15, -0.1) is 0 Å². The molecule has 0 saturated carbocycles. The molecule has 0 rings (SSSR count). The zero-order valence-electron chi connectivity index (χ0n) is 15.3. The lowest BCUT2D eigenvalue weighted by Crippen LogP contribution is -2.48. The molecule has 0 unspecified atom stereocenters. The molecule has 0 aliphatic carbocycles. The number of hydrogen-bond acceptors (Lipinski definition) is 5. The van der Waals surface area contributed by atoms with E-state index in [0.29, 0.717) is 12.8 Å². The SMILES string of the molecule is CCCCCCCC(=O)N[C@H](CC(N)=O)C(=O)NCCCC(=O)OC. The fraction of sp³-hybridized carbons (Fsp3) is 0.765. The van der Waals surface area contributed by atoms with Gasteiger partial charge >= 0.3 is 5.97 Å². The number of nitrogens with two attached hydrogens (primary N) is 1. The van der Waals surface area contributed by atoms with Crippen molar-refractivity contribution in [3.63, 3.8) is 0 Å². The summed E-state index contributed by atoms with van der Waals surface area (Å²) in [6.45, 7) is 2.36. The van der Waals surface area contributed by atoms with E-state index in [1.807, 2.05) is 0 Å². The van der Waals surface area contributed by atoms with Crippen LogP contribution in [0.5, 0.6) is 0 Å². The summed E-state index contributed by atoms with van der Waals surface area (Å²) < 4.78 is 4.50. The number of amides is 3. The second kappa shape index (κ2) is 14.2. The van der Waals surface area contributed by atoms with Gasteiger partial charge in [-0.1, -0.05) is 32.6 Å². The van der Waals surface area contributed by atoms with E-state index in [-0.39, 0.29) is 31.3 Å². The molecule has 0 fully saturated rings. The molecule has 0 aromatic heterocycles. The third-order valence-corrected chi connectivity index (χ3v) is 3.65. The second-order valence-corrected chi connectivity index (χ2v) is 5.93. The van der Waals surface area contributed by atoms with Gasteiger partial charge in [-0.3, -0.25) is 19.2 Å². The molecule has 144 valence electrons. The van der Waals surface area contributed by atoms with Gasteiger partial charge in [0.15, 0.2) is 0 Å². The Labute approximate surface area is 149 Å². The predicted octanol–water partition coefficient (Wildman–Crippen LogP) is 0.777. The molecule has 0 heterocycles. The van der Waals surface area contributed by atoms with Crippen molar-refractivity contribution in [3.05, 3.63) is 0 Å². The molecule has 8 heteroatoms. The monoisotopic (exact) mass is 357 g/mol. The molecule has 3 amide bonds. The Morgan fingerprint density at radius 1 is 1.00 bits per heavy atom. The normalized spacial score (nSPS) is 11.4. The van der Waals surface area contributed by atoms with Crippen molar-refractivity contribution >= 4 is 23.7 Å². The van der Waals surface area contributed by atoms with Crippen molar-refractivity contribution in [3.8, 4) is 0 Å². The third kappa shape index (κ3) is 12.9. The first kappa shape index (κ1) is 22.9. The number of esters is 1. The van der Waals surface area contributed by atoms with Crippen LogP contribution < -0.4 is 16.4 Å². The minimum Gasteiger partial charge on any atom is -0.469 e. The van der Waals surface area contributed by atoms with Crippen LogP contribution in [0, 0.1) is 0 Å². The number of unbranched alkanes of at least 4 members (excludes halogenated alkanes) is 4. The van der Waals surface area contributed by atoms with E-state index in [1.165, 1.54) is 7.11 Å². The predicted molar refractivity (Wildman–Crippen MR) is 93.4 cm³/mol. The lowest BCUT2D eigenvalue weighted by molar-refractivity contribution is -0.140. The van der Waals surface area contributed by atoms with Gasteiger partial charge in [-0.2, -0.15) is 0 Å². The molecule has 0 radical (unpaired) electrons. The van der Waals surface area contributed by atoms with E-state index in [2.05, 4.69) is 22.3 Å². The first-order valence-corrected chi connectivity index (χ1v) is 8.82. The van der Waals surface area contributed by atoms with Crippen LogP contribution >= 0.6 is 0 Å². The average Bonchev–Trinajstić information content (AvgIpc) is 2.57. The minimum absolute atomic E-state index is 0.182. The van der Waals surface area contributed by atoms with Crippen molar-refractivity contribution in [2.75, 3.05) is 13.7 Å². The van der Waals surface area contributed by atoms with Gasteiger partial charge in [0.1, 0.15) is 6.04 Å². The summed E-state index contributed by atoms with van der Waals surface area (Å²) in [5.74, 6) is -1.78. The highest BCUT2D eigenvalue weighted by Gasteiger charge is 2.22. The first-order valence-electron chi connectivity index (χ1n) is 8.82. The average molecular weight is 357 g/mol. The molecule has 1 atom stereocenters. The molecule has 4 N–H and O–H groups in total. The number of hydrogen-bond donors (Lipinski definition) is 3. The number of ether oxygens (including phenoxy) is 1. The summed E-state index contributed by atoms with van der Waals surface area (Å²) in [7, 11) is 1.29. The zero-order chi connectivity index (χ0) is 19.1. The fourth-order valence-electron chi connectivity index (χ4n) is 2.24. The third-order valence-electron chi connectivity index (χ3n) is 3.65. The summed E-state index contributed by atoms with van der Waals surface area (Å²) >= 11 is 0. The second-order valence-electron chi connectivity index (χ2n) is 5.93. The van der Waals surface area contributed by atoms with Crippen LogP contribution in [0.15, 0.2) is 0 Å². The summed E-state index contributed by atoms with van der Waals surface area (Å²) in [6, 6.07) is -0.987. The highest BCUT2D eigenvalue weighted by molar-refractivity contribution is 5.91. The maximum absolute atomic E-state index is 12.1. The standard InChI is InChI=1S/C17H31N3O5/c1-3-4-5-6-7-9-15(22)20-13(12-14(18)21)17(24)19-11-8-10-16(23)25-2/h13H,3-12H2,1-2H3,(H2,18,21)(H,19,24)(H,20,22)/t13-/m1/s1. The molecule has 0 aromatic carbocycles. The molecule has 0 bridgehead atoms. The van der Waals surface area contributed by atoms with E-state index in [1.54, 1.807) is 0 Å². The molecule has 25 heavy (non-hydrogen) atoms. The highest BCUT2D eigenvalue weighted by Crippen LogP contribution is 2.05. The Morgan fingerprint density at radius 3 is 2.28 bits per heavy atom. The van der Waals surface area contributed by atoms with Crippen LogP contribution in [0.25, 0.3) is 0 Å². The molecular weight excluding hydrogens is 326 g/mol. The zero-order valence-corrected chi connectivity index (χ0v) is 15.3. The summed E-state index contributed by atoms with van der Waals surface area (Å²) in [4.78, 5) is 46.1. The Kier molecular flexibility index (Phi) is 13.0. The van der Waals surface area contributed by atoms with Crippen molar-refractivity contribution < 1.29 is 23.9 Å². The summed E-state index contributed by atoms with van der Waals surface area (Å²) in [6.07, 6.45) is 5.70. The molecule has 0 aliphatic rings. The Hall–Kier alpha value is -2.12. The van der Waals surface area contributed by atoms with Crippen LogP contribution in [0.1, 0.15) is 64.7 Å². The van der Waals surface area contributed by atoms with E-state index in [4.69, 9.17) is 5.73 Å². The topological polar surface area (TPSA) is 128 Å². The van der Waals surface area contributed by atoms with E-state index in [9.17, 15) is 19.2 Å². The Balaban J connectivity index is 4.24. The smallest absolute Gasteiger partial charge is 0.305 e. The fourth-order valence-corrected chi connectivity index (χ4v) is 2.24. The summed E-state index contributed by atoms with van der Waals surface area (Å²) in [5.41, 5.74) is 5.14. The number of methoxy groups -OCH3 is 1. The number of carbonyl (C=O) groups is 4. The van der Waals surface area contributed by atoms with Crippen LogP contribution in [-0.4, -0.2) is 43.4 Å². The van der Waals surface area contributed by atoms with Gasteiger partial charge in [-0.05, 0) is 12.8 Å². The van der Waals surface area contributed by atoms with Gasteiger partial charge in [0.2, 0.25) is 17.7 Å². The molecule has 0 aromatic rings. The van der Waals surface area contributed by atoms with Crippen LogP contribution in [0.4, 0.5) is 0 Å². The largest absolute Gasteiger partial charge is 0.469 e. The Morgan fingerprint density at radius 2 is 1.68 bits per heavy atom. The summed E-state index contributed by atoms with van der Waals surface area (Å²) in [5, 5.41) is 5.14. The van der Waals surface area contributed by atoms with Crippen molar-refractivity contribution in [1.29, 1.82) is 0 Å². The Bertz CT molecular complexity index is 440. The van der Waals surface area contributed by atoms with Crippen LogP contribution in [0.2, 0.25) is 0 Å². The van der Waals surface area contributed by atoms with Crippen LogP contribution in [0.3, 0.4) is 0 Å². The minimum atomic E-state index is -0.987. The molecule has 0 aliphatic heterocycles. The van der Waals surface area contributed by atoms with Gasteiger partial charge in [0.05, 0.1) is 13.5 Å². The molecule has 8 nitrogen and oxygen atoms in total. The van der Waals surface area contributed by atoms with Crippen molar-refractivity contribution in [2.24, 2.45) is 5.73 Å². The lowest BCUT2D eigenvalue weighted by Gasteiger charge is -2.17. The number of carbonyl (C=O) groups excluding carboxylic acids is 4. The molecule has 0 saturated heterocycles. The number of rotatable bonds is 14. The van der Waals surface area contributed by atoms with E-state index in [0.717, 1.165) is 32.1 Å². The highest BCUT2D eigenvalue weighted by atomic mass is 16.5. The quantitative estimate of drug-likeness (QED) is 0.313. The maximum atomic E-state index is 12.1. The van der Waals surface area contributed by atoms with Crippen LogP contribution in [-0.2, 0) is 23.9 Å². The molecule has 0 spiro atoms. The lowest BCUT2D eigenvalue weighted by atomic mass is 10.1. The van der Waals surface area contributed by atoms with Crippen molar-refractivity contribution in [2.45, 2.75) is 70.8 Å². The van der Waals surface area contributed by atoms with Gasteiger partial charge < -0.3 is 21.1 Å². The molecular formula is C17H31N3O5. The van der Waals surface area contributed by atoms with E-state index < -0.39 is 17.9 Å². The van der Waals surface area contributed by atoms with Gasteiger partial charge in [0.25, 0.3) is 0 Å². The number of primary amides is 1.